The lowest BCUT2D eigenvalue weighted by Gasteiger charge is -2.23. The summed E-state index contributed by atoms with van der Waals surface area (Å²) in [5.41, 5.74) is 2.87. The molecule has 1 fully saturated rings. The number of carbonyl (C=O) groups is 1. The van der Waals surface area contributed by atoms with Crippen LogP contribution in [0.3, 0.4) is 0 Å². The third kappa shape index (κ3) is 2.77. The molecule has 21 heavy (non-hydrogen) atoms. The average molecular weight is 282 g/mol. The van der Waals surface area contributed by atoms with Crippen molar-refractivity contribution in [2.75, 3.05) is 7.11 Å². The van der Waals surface area contributed by atoms with Gasteiger partial charge in [0.25, 0.3) is 0 Å². The summed E-state index contributed by atoms with van der Waals surface area (Å²) in [5.74, 6) is 1.13. The lowest BCUT2D eigenvalue weighted by molar-refractivity contribution is -0.116. The number of benzene rings is 1. The molecule has 1 unspecified atom stereocenters. The van der Waals surface area contributed by atoms with Gasteiger partial charge in [-0.2, -0.15) is 0 Å². The second-order valence-electron chi connectivity index (χ2n) is 5.27. The smallest absolute Gasteiger partial charge is 0.159 e. The average Bonchev–Trinajstić information content (AvgIpc) is 3.04. The van der Waals surface area contributed by atoms with Crippen molar-refractivity contribution in [3.05, 3.63) is 59.6 Å². The number of ether oxygens (including phenoxy) is 1. The van der Waals surface area contributed by atoms with E-state index in [2.05, 4.69) is 0 Å². The van der Waals surface area contributed by atoms with E-state index in [4.69, 9.17) is 9.15 Å². The van der Waals surface area contributed by atoms with E-state index in [1.807, 2.05) is 36.4 Å². The number of ketones is 1. The highest BCUT2D eigenvalue weighted by atomic mass is 16.5. The highest BCUT2D eigenvalue weighted by Crippen LogP contribution is 2.37. The molecule has 1 aromatic carbocycles. The van der Waals surface area contributed by atoms with Crippen LogP contribution in [0.15, 0.2) is 52.8 Å². The number of hydrogen-bond acceptors (Lipinski definition) is 3. The summed E-state index contributed by atoms with van der Waals surface area (Å²) >= 11 is 0. The van der Waals surface area contributed by atoms with E-state index in [9.17, 15) is 4.79 Å². The zero-order valence-corrected chi connectivity index (χ0v) is 12.0. The van der Waals surface area contributed by atoms with E-state index in [1.165, 1.54) is 0 Å². The zero-order valence-electron chi connectivity index (χ0n) is 12.0. The predicted octanol–water partition coefficient (Wildman–Crippen LogP) is 4.21. The van der Waals surface area contributed by atoms with Gasteiger partial charge in [0.05, 0.1) is 19.6 Å². The van der Waals surface area contributed by atoms with Crippen LogP contribution in [0.4, 0.5) is 0 Å². The van der Waals surface area contributed by atoms with E-state index in [1.54, 1.807) is 19.6 Å². The minimum atomic E-state index is 0.120. The van der Waals surface area contributed by atoms with E-state index in [0.29, 0.717) is 6.42 Å². The number of rotatable bonds is 3. The molecule has 108 valence electrons. The van der Waals surface area contributed by atoms with Crippen molar-refractivity contribution in [3.8, 4) is 5.75 Å². The quantitative estimate of drug-likeness (QED) is 0.792. The van der Waals surface area contributed by atoms with Crippen LogP contribution in [0.25, 0.3) is 6.08 Å². The number of methoxy groups -OCH3 is 1. The van der Waals surface area contributed by atoms with Gasteiger partial charge in [0, 0.05) is 23.5 Å². The van der Waals surface area contributed by atoms with Gasteiger partial charge in [-0.3, -0.25) is 4.79 Å². The SMILES string of the molecule is COc1ccccc1C=C1C(=O)CCCC1c1ccoc1. The summed E-state index contributed by atoms with van der Waals surface area (Å²) in [6.07, 6.45) is 7.89. The largest absolute Gasteiger partial charge is 0.496 e. The maximum Gasteiger partial charge on any atom is 0.159 e. The molecule has 0 radical (unpaired) electrons. The molecule has 2 aromatic rings. The van der Waals surface area contributed by atoms with Gasteiger partial charge in [0.15, 0.2) is 5.78 Å². The maximum atomic E-state index is 12.4. The summed E-state index contributed by atoms with van der Waals surface area (Å²) in [6.45, 7) is 0. The predicted molar refractivity (Wildman–Crippen MR) is 81.3 cm³/mol. The zero-order chi connectivity index (χ0) is 14.7. The Labute approximate surface area is 124 Å². The Morgan fingerprint density at radius 1 is 1.29 bits per heavy atom. The first kappa shape index (κ1) is 13.7. The van der Waals surface area contributed by atoms with Crippen molar-refractivity contribution in [1.82, 2.24) is 0 Å². The fraction of sp³-hybridized carbons (Fsp3) is 0.278. The Morgan fingerprint density at radius 2 is 2.14 bits per heavy atom. The van der Waals surface area contributed by atoms with Crippen molar-refractivity contribution in [2.24, 2.45) is 0 Å². The van der Waals surface area contributed by atoms with E-state index >= 15 is 0 Å². The first-order valence-electron chi connectivity index (χ1n) is 7.19. The molecular formula is C18H18O3. The minimum Gasteiger partial charge on any atom is -0.496 e. The molecule has 1 aliphatic rings. The van der Waals surface area contributed by atoms with E-state index in [0.717, 1.165) is 35.3 Å². The minimum absolute atomic E-state index is 0.120. The fourth-order valence-electron chi connectivity index (χ4n) is 2.91. The molecule has 0 spiro atoms. The van der Waals surface area contributed by atoms with Crippen LogP contribution in [0.2, 0.25) is 0 Å². The Balaban J connectivity index is 2.03. The third-order valence-electron chi connectivity index (χ3n) is 3.99. The van der Waals surface area contributed by atoms with Gasteiger partial charge in [0.1, 0.15) is 5.75 Å². The molecule has 1 aliphatic carbocycles. The highest BCUT2D eigenvalue weighted by Gasteiger charge is 2.27. The van der Waals surface area contributed by atoms with Crippen molar-refractivity contribution >= 4 is 11.9 Å². The van der Waals surface area contributed by atoms with Crippen LogP contribution in [-0.2, 0) is 4.79 Å². The van der Waals surface area contributed by atoms with E-state index in [-0.39, 0.29) is 11.7 Å². The molecule has 0 bridgehead atoms. The van der Waals surface area contributed by atoms with E-state index < -0.39 is 0 Å². The Hall–Kier alpha value is -2.29. The lowest BCUT2D eigenvalue weighted by atomic mass is 9.79. The van der Waals surface area contributed by atoms with Crippen molar-refractivity contribution in [3.63, 3.8) is 0 Å². The molecule has 0 aliphatic heterocycles. The summed E-state index contributed by atoms with van der Waals surface area (Å²) in [4.78, 5) is 12.4. The normalized spacial score (nSPS) is 20.7. The number of para-hydroxylation sites is 1. The standard InChI is InChI=1S/C18H18O3/c1-20-18-8-3-2-5-13(18)11-16-15(6-4-7-17(16)19)14-9-10-21-12-14/h2-3,5,8-12,15H,4,6-7H2,1H3. The number of furan rings is 1. The highest BCUT2D eigenvalue weighted by molar-refractivity contribution is 6.02. The Kier molecular flexibility index (Phi) is 3.91. The molecule has 1 saturated carbocycles. The number of hydrogen-bond donors (Lipinski definition) is 0. The number of carbonyl (C=O) groups excluding carboxylic acids is 1. The second-order valence-corrected chi connectivity index (χ2v) is 5.27. The second kappa shape index (κ2) is 6.00. The summed E-state index contributed by atoms with van der Waals surface area (Å²) < 4.78 is 10.6. The Bertz CT molecular complexity index is 653. The topological polar surface area (TPSA) is 39.4 Å². The Morgan fingerprint density at radius 3 is 2.90 bits per heavy atom. The van der Waals surface area contributed by atoms with Gasteiger partial charge in [-0.15, -0.1) is 0 Å². The van der Waals surface area contributed by atoms with Gasteiger partial charge in [-0.1, -0.05) is 18.2 Å². The van der Waals surface area contributed by atoms with Crippen molar-refractivity contribution < 1.29 is 13.9 Å². The van der Waals surface area contributed by atoms with Gasteiger partial charge in [-0.05, 0) is 36.6 Å². The van der Waals surface area contributed by atoms with Gasteiger partial charge >= 0.3 is 0 Å². The molecule has 1 heterocycles. The molecule has 0 saturated heterocycles. The molecule has 1 atom stereocenters. The molecule has 3 rings (SSSR count). The molecule has 0 amide bonds. The number of Topliss-reactive ketones (excluding diaryl/α,β-unsaturated/α-hetero) is 1. The summed E-state index contributed by atoms with van der Waals surface area (Å²) in [6, 6.07) is 9.71. The van der Waals surface area contributed by atoms with Gasteiger partial charge in [-0.25, -0.2) is 0 Å². The molecule has 3 heteroatoms. The molecule has 1 aromatic heterocycles. The molecular weight excluding hydrogens is 264 g/mol. The monoisotopic (exact) mass is 282 g/mol. The van der Waals surface area contributed by atoms with Gasteiger partial charge in [0.2, 0.25) is 0 Å². The summed E-state index contributed by atoms with van der Waals surface area (Å²) in [5, 5.41) is 0. The first-order chi connectivity index (χ1) is 10.3. The first-order valence-corrected chi connectivity index (χ1v) is 7.19. The molecule has 0 N–H and O–H groups in total. The third-order valence-corrected chi connectivity index (χ3v) is 3.99. The van der Waals surface area contributed by atoms with Crippen LogP contribution in [-0.4, -0.2) is 12.9 Å². The lowest BCUT2D eigenvalue weighted by Crippen LogP contribution is -2.17. The fourth-order valence-corrected chi connectivity index (χ4v) is 2.91. The van der Waals surface area contributed by atoms with Crippen LogP contribution in [0.5, 0.6) is 5.75 Å². The number of allylic oxidation sites excluding steroid dienone is 1. The maximum absolute atomic E-state index is 12.4. The van der Waals surface area contributed by atoms with Crippen LogP contribution >= 0.6 is 0 Å². The van der Waals surface area contributed by atoms with Crippen LogP contribution in [0, 0.1) is 0 Å². The summed E-state index contributed by atoms with van der Waals surface area (Å²) in [7, 11) is 1.65. The van der Waals surface area contributed by atoms with Crippen molar-refractivity contribution in [2.45, 2.75) is 25.2 Å². The van der Waals surface area contributed by atoms with Crippen LogP contribution < -0.4 is 4.74 Å². The van der Waals surface area contributed by atoms with Crippen LogP contribution in [0.1, 0.15) is 36.3 Å². The molecule has 3 nitrogen and oxygen atoms in total. The van der Waals surface area contributed by atoms with Gasteiger partial charge < -0.3 is 9.15 Å². The van der Waals surface area contributed by atoms with Crippen molar-refractivity contribution in [1.29, 1.82) is 0 Å².